The van der Waals surface area contributed by atoms with Crippen LogP contribution in [-0.4, -0.2) is 53.0 Å². The molecular formula is C19H26N2O3. The van der Waals surface area contributed by atoms with Gasteiger partial charge in [0.15, 0.2) is 0 Å². The molecule has 24 heavy (non-hydrogen) atoms. The fourth-order valence-electron chi connectivity index (χ4n) is 4.29. The van der Waals surface area contributed by atoms with Gasteiger partial charge >= 0.3 is 5.97 Å². The molecule has 1 aliphatic carbocycles. The summed E-state index contributed by atoms with van der Waals surface area (Å²) in [6.07, 6.45) is 5.39. The second-order valence-corrected chi connectivity index (χ2v) is 7.27. The van der Waals surface area contributed by atoms with Crippen molar-refractivity contribution in [3.8, 4) is 0 Å². The lowest BCUT2D eigenvalue weighted by Gasteiger charge is -2.33. The zero-order chi connectivity index (χ0) is 17.3. The molecule has 1 aliphatic heterocycles. The van der Waals surface area contributed by atoms with E-state index < -0.39 is 12.0 Å². The van der Waals surface area contributed by atoms with E-state index in [1.54, 1.807) is 19.0 Å². The maximum atomic E-state index is 12.2. The predicted octanol–water partition coefficient (Wildman–Crippen LogP) is 2.61. The van der Waals surface area contributed by atoms with Crippen LogP contribution >= 0.6 is 0 Å². The lowest BCUT2D eigenvalue weighted by molar-refractivity contribution is -0.142. The molecule has 1 saturated heterocycles. The van der Waals surface area contributed by atoms with Crippen LogP contribution in [-0.2, 0) is 11.3 Å². The zero-order valence-electron chi connectivity index (χ0n) is 14.4. The molecule has 5 heteroatoms. The highest BCUT2D eigenvalue weighted by molar-refractivity contribution is 5.94. The maximum Gasteiger partial charge on any atom is 0.320 e. The van der Waals surface area contributed by atoms with Crippen LogP contribution in [0.1, 0.15) is 48.0 Å². The Morgan fingerprint density at radius 1 is 1.25 bits per heavy atom. The van der Waals surface area contributed by atoms with Crippen molar-refractivity contribution in [1.29, 1.82) is 0 Å². The van der Waals surface area contributed by atoms with E-state index in [0.717, 1.165) is 24.8 Å². The van der Waals surface area contributed by atoms with Gasteiger partial charge in [-0.1, -0.05) is 25.0 Å². The molecule has 3 atom stereocenters. The number of fused-ring (bicyclic) bond motifs is 1. The van der Waals surface area contributed by atoms with Crippen molar-refractivity contribution in [2.24, 2.45) is 5.92 Å². The fraction of sp³-hybridized carbons (Fsp3) is 0.579. The molecule has 1 aromatic carbocycles. The number of carboxylic acid groups (broad SMARTS) is 1. The number of likely N-dealkylation sites (tertiary alicyclic amines) is 1. The van der Waals surface area contributed by atoms with Crippen LogP contribution in [0.5, 0.6) is 0 Å². The largest absolute Gasteiger partial charge is 0.480 e. The van der Waals surface area contributed by atoms with Crippen molar-refractivity contribution < 1.29 is 14.7 Å². The zero-order valence-corrected chi connectivity index (χ0v) is 14.4. The molecule has 1 saturated carbocycles. The van der Waals surface area contributed by atoms with Crippen molar-refractivity contribution in [3.63, 3.8) is 0 Å². The Hall–Kier alpha value is -1.88. The SMILES string of the molecule is CN(C)C(=O)c1cccc(CN2C(C(=O)O)CC3CCCCC32)c1. The van der Waals surface area contributed by atoms with E-state index in [1.807, 2.05) is 24.3 Å². The lowest BCUT2D eigenvalue weighted by Crippen LogP contribution is -2.41. The quantitative estimate of drug-likeness (QED) is 0.922. The predicted molar refractivity (Wildman–Crippen MR) is 91.8 cm³/mol. The minimum atomic E-state index is -0.718. The summed E-state index contributed by atoms with van der Waals surface area (Å²) in [4.78, 5) is 27.6. The van der Waals surface area contributed by atoms with Gasteiger partial charge in [-0.15, -0.1) is 0 Å². The first-order valence-electron chi connectivity index (χ1n) is 8.76. The highest BCUT2D eigenvalue weighted by atomic mass is 16.4. The van der Waals surface area contributed by atoms with Crippen molar-refractivity contribution in [3.05, 3.63) is 35.4 Å². The molecule has 0 spiro atoms. The Bertz CT molecular complexity index is 629. The van der Waals surface area contributed by atoms with Gasteiger partial charge in [0, 0.05) is 32.2 Å². The number of hydrogen-bond acceptors (Lipinski definition) is 3. The van der Waals surface area contributed by atoms with Gasteiger partial charge in [-0.2, -0.15) is 0 Å². The Morgan fingerprint density at radius 3 is 2.71 bits per heavy atom. The molecule has 1 aromatic rings. The molecule has 3 rings (SSSR count). The number of carbonyl (C=O) groups is 2. The number of rotatable bonds is 4. The van der Waals surface area contributed by atoms with Crippen LogP contribution in [0.4, 0.5) is 0 Å². The third-order valence-corrected chi connectivity index (χ3v) is 5.45. The van der Waals surface area contributed by atoms with Crippen molar-refractivity contribution in [2.45, 2.75) is 50.7 Å². The van der Waals surface area contributed by atoms with Gasteiger partial charge in [0.1, 0.15) is 6.04 Å². The van der Waals surface area contributed by atoms with Gasteiger partial charge in [-0.25, -0.2) is 0 Å². The Labute approximate surface area is 143 Å². The van der Waals surface area contributed by atoms with Crippen molar-refractivity contribution >= 4 is 11.9 Å². The normalized spacial score (nSPS) is 26.8. The number of benzene rings is 1. The number of carboxylic acids is 1. The average molecular weight is 330 g/mol. The second-order valence-electron chi connectivity index (χ2n) is 7.27. The van der Waals surface area contributed by atoms with Crippen LogP contribution in [0.3, 0.4) is 0 Å². The fourth-order valence-corrected chi connectivity index (χ4v) is 4.29. The van der Waals surface area contributed by atoms with E-state index in [2.05, 4.69) is 4.90 Å². The Morgan fingerprint density at radius 2 is 2.00 bits per heavy atom. The van der Waals surface area contributed by atoms with Gasteiger partial charge in [0.2, 0.25) is 0 Å². The van der Waals surface area contributed by atoms with Crippen LogP contribution < -0.4 is 0 Å². The topological polar surface area (TPSA) is 60.9 Å². The molecule has 3 unspecified atom stereocenters. The first kappa shape index (κ1) is 17.0. The average Bonchev–Trinajstić information content (AvgIpc) is 2.93. The lowest BCUT2D eigenvalue weighted by atomic mass is 9.84. The van der Waals surface area contributed by atoms with Crippen molar-refractivity contribution in [2.75, 3.05) is 14.1 Å². The number of hydrogen-bond donors (Lipinski definition) is 1. The standard InChI is InChI=1S/C19H26N2O3/c1-20(2)18(22)15-8-5-6-13(10-15)12-21-16-9-4-3-7-14(16)11-17(21)19(23)24/h5-6,8,10,14,16-17H,3-4,7,9,11-12H2,1-2H3,(H,23,24). The molecule has 130 valence electrons. The van der Waals surface area contributed by atoms with Crippen LogP contribution in [0, 0.1) is 5.92 Å². The number of carbonyl (C=O) groups excluding carboxylic acids is 1. The number of nitrogens with zero attached hydrogens (tertiary/aromatic N) is 2. The van der Waals surface area contributed by atoms with Gasteiger partial charge in [-0.3, -0.25) is 14.5 Å². The second kappa shape index (κ2) is 6.93. The van der Waals surface area contributed by atoms with E-state index in [4.69, 9.17) is 0 Å². The van der Waals surface area contributed by atoms with E-state index >= 15 is 0 Å². The molecule has 0 bridgehead atoms. The number of aliphatic carboxylic acids is 1. The molecule has 1 amide bonds. The summed E-state index contributed by atoms with van der Waals surface area (Å²) in [5.41, 5.74) is 1.67. The van der Waals surface area contributed by atoms with E-state index in [9.17, 15) is 14.7 Å². The van der Waals surface area contributed by atoms with Crippen LogP contribution in [0.25, 0.3) is 0 Å². The molecule has 2 fully saturated rings. The van der Waals surface area contributed by atoms with Crippen LogP contribution in [0.2, 0.25) is 0 Å². The first-order chi connectivity index (χ1) is 11.5. The highest BCUT2D eigenvalue weighted by Crippen LogP contribution is 2.40. The van der Waals surface area contributed by atoms with Gasteiger partial charge in [0.25, 0.3) is 5.91 Å². The van der Waals surface area contributed by atoms with E-state index in [1.165, 1.54) is 12.8 Å². The van der Waals surface area contributed by atoms with Gasteiger partial charge in [0.05, 0.1) is 0 Å². The van der Waals surface area contributed by atoms with E-state index in [0.29, 0.717) is 24.1 Å². The van der Waals surface area contributed by atoms with Crippen molar-refractivity contribution in [1.82, 2.24) is 9.80 Å². The maximum absolute atomic E-state index is 12.2. The molecule has 5 nitrogen and oxygen atoms in total. The summed E-state index contributed by atoms with van der Waals surface area (Å²) in [6, 6.07) is 7.56. The van der Waals surface area contributed by atoms with Gasteiger partial charge in [-0.05, 0) is 42.9 Å². The Kier molecular flexibility index (Phi) is 4.90. The molecule has 1 N–H and O–H groups in total. The molecule has 1 heterocycles. The van der Waals surface area contributed by atoms with Gasteiger partial charge < -0.3 is 10.0 Å². The summed E-state index contributed by atoms with van der Waals surface area (Å²) in [7, 11) is 3.48. The molecule has 0 aromatic heterocycles. The highest BCUT2D eigenvalue weighted by Gasteiger charge is 2.44. The summed E-state index contributed by atoms with van der Waals surface area (Å²) >= 11 is 0. The first-order valence-corrected chi connectivity index (χ1v) is 8.76. The minimum absolute atomic E-state index is 0.0244. The summed E-state index contributed by atoms with van der Waals surface area (Å²) < 4.78 is 0. The Balaban J connectivity index is 1.81. The van der Waals surface area contributed by atoms with E-state index in [-0.39, 0.29) is 5.91 Å². The third kappa shape index (κ3) is 3.31. The summed E-state index contributed by atoms with van der Waals surface area (Å²) in [5, 5.41) is 9.62. The minimum Gasteiger partial charge on any atom is -0.480 e. The summed E-state index contributed by atoms with van der Waals surface area (Å²) in [6.45, 7) is 0.604. The molecular weight excluding hydrogens is 304 g/mol. The summed E-state index contributed by atoms with van der Waals surface area (Å²) in [5.74, 6) is -0.236. The smallest absolute Gasteiger partial charge is 0.320 e. The third-order valence-electron chi connectivity index (χ3n) is 5.45. The molecule has 0 radical (unpaired) electrons. The van der Waals surface area contributed by atoms with Crippen LogP contribution in [0.15, 0.2) is 24.3 Å². The number of amides is 1. The molecule has 2 aliphatic rings. The monoisotopic (exact) mass is 330 g/mol.